The van der Waals surface area contributed by atoms with Gasteiger partial charge in [-0.15, -0.1) is 0 Å². The zero-order valence-electron chi connectivity index (χ0n) is 25.8. The summed E-state index contributed by atoms with van der Waals surface area (Å²) in [5, 5.41) is 0. The molecule has 0 aromatic heterocycles. The van der Waals surface area contributed by atoms with Crippen molar-refractivity contribution in [2.75, 3.05) is 20.3 Å². The van der Waals surface area contributed by atoms with Crippen LogP contribution >= 0.6 is 0 Å². The molecule has 0 spiro atoms. The lowest BCUT2D eigenvalue weighted by Gasteiger charge is -2.50. The van der Waals surface area contributed by atoms with Crippen LogP contribution in [0.15, 0.2) is 121 Å². The molecule has 0 amide bonds. The summed E-state index contributed by atoms with van der Waals surface area (Å²) in [6.07, 6.45) is -6.63. The van der Waals surface area contributed by atoms with E-state index in [-0.39, 0.29) is 28.9 Å². The number of hydrogen-bond acceptors (Lipinski definition) is 11. The predicted octanol–water partition coefficient (Wildman–Crippen LogP) is 4.66. The third-order valence-corrected chi connectivity index (χ3v) is 8.12. The maximum absolute atomic E-state index is 13.9. The third-order valence-electron chi connectivity index (χ3n) is 8.12. The van der Waals surface area contributed by atoms with Gasteiger partial charge in [0.2, 0.25) is 5.60 Å². The van der Waals surface area contributed by atoms with Crippen molar-refractivity contribution < 1.29 is 52.3 Å². The van der Waals surface area contributed by atoms with E-state index in [1.165, 1.54) is 7.11 Å². The Morgan fingerprint density at radius 1 is 0.646 bits per heavy atom. The molecule has 2 fully saturated rings. The molecule has 246 valence electrons. The van der Waals surface area contributed by atoms with Gasteiger partial charge in [-0.05, 0) is 48.5 Å². The molecule has 0 radical (unpaired) electrons. The summed E-state index contributed by atoms with van der Waals surface area (Å²) in [6.45, 7) is -0.735. The van der Waals surface area contributed by atoms with Crippen molar-refractivity contribution in [3.63, 3.8) is 0 Å². The van der Waals surface area contributed by atoms with Crippen LogP contribution in [-0.2, 0) is 33.2 Å². The van der Waals surface area contributed by atoms with Crippen molar-refractivity contribution in [3.8, 4) is 0 Å². The van der Waals surface area contributed by atoms with E-state index < -0.39 is 66.8 Å². The number of ether oxygens (including phenoxy) is 7. The molecule has 0 N–H and O–H groups in total. The van der Waals surface area contributed by atoms with Crippen LogP contribution in [0.5, 0.6) is 0 Å². The molecule has 6 rings (SSSR count). The normalized spacial score (nSPS) is 24.5. The Bertz CT molecular complexity index is 1720. The van der Waals surface area contributed by atoms with E-state index >= 15 is 0 Å². The first-order valence-corrected chi connectivity index (χ1v) is 15.2. The number of carbonyl (C=O) groups is 4. The Hall–Kier alpha value is -5.36. The lowest BCUT2D eigenvalue weighted by molar-refractivity contribution is -0.318. The van der Waals surface area contributed by atoms with Gasteiger partial charge in [-0.3, -0.25) is 0 Å². The molecule has 11 heteroatoms. The first-order chi connectivity index (χ1) is 23.4. The van der Waals surface area contributed by atoms with Crippen molar-refractivity contribution in [3.05, 3.63) is 144 Å². The molecule has 0 saturated carbocycles. The Kier molecular flexibility index (Phi) is 9.91. The van der Waals surface area contributed by atoms with E-state index in [1.807, 2.05) is 0 Å². The van der Waals surface area contributed by atoms with Gasteiger partial charge in [-0.2, -0.15) is 0 Å². The number of carbonyl (C=O) groups excluding carboxylic acids is 4. The maximum Gasteiger partial charge on any atom is 0.339 e. The Morgan fingerprint density at radius 3 is 1.60 bits per heavy atom. The highest BCUT2D eigenvalue weighted by Gasteiger charge is 2.71. The van der Waals surface area contributed by atoms with Crippen LogP contribution < -0.4 is 0 Å². The average molecular weight is 653 g/mol. The molecule has 0 aliphatic carbocycles. The van der Waals surface area contributed by atoms with Gasteiger partial charge in [0.05, 0.1) is 28.9 Å². The van der Waals surface area contributed by atoms with Crippen molar-refractivity contribution in [2.45, 2.75) is 36.3 Å². The number of hydrogen-bond donors (Lipinski definition) is 0. The molecule has 2 heterocycles. The number of methoxy groups -OCH3 is 1. The molecule has 6 atom stereocenters. The standard InChI is InChI=1S/C37H32O11/c1-42-36-31-37(48-35(41)27-20-12-5-13-21-27,29(23-43-31)46-33(39)25-16-8-3-9-17-25)30(47-34(40)26-18-10-4-11-19-26)28(45-36)22-44-32(38)24-14-6-2-7-15-24/h2-21,28-31,36H,22-23H2,1H3/t28-,29+,30-,31+,36+,37+/m1/s1. The summed E-state index contributed by atoms with van der Waals surface area (Å²) >= 11 is 0. The van der Waals surface area contributed by atoms with E-state index in [2.05, 4.69) is 0 Å². The predicted molar refractivity (Wildman–Crippen MR) is 168 cm³/mol. The SMILES string of the molecule is CO[C@H]1O[C@H](COC(=O)c2ccccc2)[C@@H](OC(=O)c2ccccc2)[C@@]2(OC(=O)c3ccccc3)[C@@H](OC(=O)c3ccccc3)CO[C@@H]12. The third kappa shape index (κ3) is 6.70. The van der Waals surface area contributed by atoms with Crippen molar-refractivity contribution in [2.24, 2.45) is 0 Å². The maximum atomic E-state index is 13.9. The number of esters is 4. The topological polar surface area (TPSA) is 133 Å². The van der Waals surface area contributed by atoms with Crippen LogP contribution in [0.1, 0.15) is 41.4 Å². The second-order valence-electron chi connectivity index (χ2n) is 11.1. The molecular formula is C37H32O11. The first-order valence-electron chi connectivity index (χ1n) is 15.2. The van der Waals surface area contributed by atoms with Crippen molar-refractivity contribution >= 4 is 23.9 Å². The summed E-state index contributed by atoms with van der Waals surface area (Å²) in [6, 6.07) is 32.8. The van der Waals surface area contributed by atoms with E-state index in [4.69, 9.17) is 33.2 Å². The van der Waals surface area contributed by atoms with Crippen LogP contribution in [0.25, 0.3) is 0 Å². The minimum absolute atomic E-state index is 0.173. The second-order valence-corrected chi connectivity index (χ2v) is 11.1. The molecule has 2 aliphatic rings. The minimum atomic E-state index is -2.04. The van der Waals surface area contributed by atoms with Crippen LogP contribution in [-0.4, -0.2) is 80.5 Å². The van der Waals surface area contributed by atoms with Crippen molar-refractivity contribution in [1.29, 1.82) is 0 Å². The molecule has 4 aromatic carbocycles. The lowest BCUT2D eigenvalue weighted by atomic mass is 9.80. The summed E-state index contributed by atoms with van der Waals surface area (Å²) in [5.41, 5.74) is -1.18. The number of rotatable bonds is 10. The second kappa shape index (κ2) is 14.6. The van der Waals surface area contributed by atoms with Crippen LogP contribution in [0.2, 0.25) is 0 Å². The van der Waals surface area contributed by atoms with Gasteiger partial charge in [-0.1, -0.05) is 72.8 Å². The Labute approximate surface area is 276 Å². The van der Waals surface area contributed by atoms with Gasteiger partial charge in [0.25, 0.3) is 0 Å². The molecule has 0 bridgehead atoms. The fourth-order valence-corrected chi connectivity index (χ4v) is 5.80. The fourth-order valence-electron chi connectivity index (χ4n) is 5.80. The fraction of sp³-hybridized carbons (Fsp3) is 0.243. The molecule has 11 nitrogen and oxygen atoms in total. The number of benzene rings is 4. The summed E-state index contributed by atoms with van der Waals surface area (Å²) in [5.74, 6) is -3.02. The molecular weight excluding hydrogens is 620 g/mol. The van der Waals surface area contributed by atoms with Gasteiger partial charge in [0.1, 0.15) is 12.7 Å². The zero-order valence-corrected chi connectivity index (χ0v) is 25.8. The molecule has 2 saturated heterocycles. The zero-order chi connectivity index (χ0) is 33.5. The first kappa shape index (κ1) is 32.6. The quantitative estimate of drug-likeness (QED) is 0.175. The van der Waals surface area contributed by atoms with Crippen molar-refractivity contribution in [1.82, 2.24) is 0 Å². The van der Waals surface area contributed by atoms with Gasteiger partial charge < -0.3 is 33.2 Å². The van der Waals surface area contributed by atoms with E-state index in [9.17, 15) is 19.2 Å². The molecule has 0 unspecified atom stereocenters. The van der Waals surface area contributed by atoms with Crippen LogP contribution in [0.4, 0.5) is 0 Å². The van der Waals surface area contributed by atoms with Gasteiger partial charge in [0.15, 0.2) is 24.6 Å². The Morgan fingerprint density at radius 2 is 1.10 bits per heavy atom. The molecule has 48 heavy (non-hydrogen) atoms. The highest BCUT2D eigenvalue weighted by Crippen LogP contribution is 2.46. The van der Waals surface area contributed by atoms with Gasteiger partial charge in [0, 0.05) is 7.11 Å². The van der Waals surface area contributed by atoms with E-state index in [0.717, 1.165) is 0 Å². The van der Waals surface area contributed by atoms with Gasteiger partial charge >= 0.3 is 23.9 Å². The molecule has 4 aromatic rings. The smallest absolute Gasteiger partial charge is 0.339 e. The van der Waals surface area contributed by atoms with Crippen LogP contribution in [0.3, 0.4) is 0 Å². The highest BCUT2D eigenvalue weighted by atomic mass is 16.7. The van der Waals surface area contributed by atoms with E-state index in [0.29, 0.717) is 0 Å². The van der Waals surface area contributed by atoms with E-state index in [1.54, 1.807) is 121 Å². The summed E-state index contributed by atoms with van der Waals surface area (Å²) in [4.78, 5) is 54.1. The van der Waals surface area contributed by atoms with Crippen LogP contribution in [0, 0.1) is 0 Å². The monoisotopic (exact) mass is 652 g/mol. The summed E-state index contributed by atoms with van der Waals surface area (Å²) in [7, 11) is 1.35. The molecule has 2 aliphatic heterocycles. The lowest BCUT2D eigenvalue weighted by Crippen LogP contribution is -2.72. The van der Waals surface area contributed by atoms with Gasteiger partial charge in [-0.25, -0.2) is 19.2 Å². The highest BCUT2D eigenvalue weighted by molar-refractivity contribution is 5.92. The summed E-state index contributed by atoms with van der Waals surface area (Å²) < 4.78 is 42.1. The Balaban J connectivity index is 1.44. The number of fused-ring (bicyclic) bond motifs is 1. The minimum Gasteiger partial charge on any atom is -0.459 e. The largest absolute Gasteiger partial charge is 0.459 e. The average Bonchev–Trinajstić information content (AvgIpc) is 3.50.